The number of rotatable bonds is 4. The van der Waals surface area contributed by atoms with Crippen molar-refractivity contribution in [1.82, 2.24) is 4.31 Å². The lowest BCUT2D eigenvalue weighted by molar-refractivity contribution is -0.387. The molecule has 0 fully saturated rings. The van der Waals surface area contributed by atoms with Crippen LogP contribution in [0, 0.1) is 10.1 Å². The second-order valence-electron chi connectivity index (χ2n) is 2.98. The normalized spacial score (nSPS) is 9.76. The molecule has 0 heterocycles. The Balaban J connectivity index is 2.93. The van der Waals surface area contributed by atoms with E-state index < -0.39 is 11.0 Å². The van der Waals surface area contributed by atoms with Gasteiger partial charge in [-0.05, 0) is 24.9 Å². The molecule has 1 aromatic carbocycles. The predicted octanol–water partition coefficient (Wildman–Crippen LogP) is 2.69. The largest absolute Gasteiger partial charge is 0.452 e. The molecule has 92 valence electrons. The van der Waals surface area contributed by atoms with Crippen LogP contribution in [0.15, 0.2) is 29.2 Å². The third kappa shape index (κ3) is 3.35. The molecule has 1 rings (SSSR count). The topological polar surface area (TPSA) is 72.7 Å². The molecule has 0 aliphatic carbocycles. The van der Waals surface area contributed by atoms with Gasteiger partial charge in [-0.15, -0.1) is 0 Å². The Kier molecular flexibility index (Phi) is 4.77. The van der Waals surface area contributed by atoms with Crippen molar-refractivity contribution in [2.24, 2.45) is 0 Å². The van der Waals surface area contributed by atoms with Crippen molar-refractivity contribution in [2.75, 3.05) is 13.7 Å². The Labute approximate surface area is 103 Å². The third-order valence-electron chi connectivity index (χ3n) is 1.94. The molecule has 0 saturated heterocycles. The summed E-state index contributed by atoms with van der Waals surface area (Å²) >= 11 is 0.993. The van der Waals surface area contributed by atoms with Gasteiger partial charge < -0.3 is 4.74 Å². The lowest BCUT2D eigenvalue weighted by Crippen LogP contribution is -2.23. The molecule has 0 aliphatic rings. The highest BCUT2D eigenvalue weighted by molar-refractivity contribution is 7.97. The molecule has 0 spiro atoms. The first-order valence-electron chi connectivity index (χ1n) is 4.87. The monoisotopic (exact) mass is 256 g/mol. The maximum atomic E-state index is 11.3. The number of hydrogen-bond acceptors (Lipinski definition) is 5. The molecule has 0 aromatic heterocycles. The number of nitro groups is 1. The van der Waals surface area contributed by atoms with Gasteiger partial charge in [0.25, 0.3) is 5.69 Å². The number of carbonyl (C=O) groups excluding carboxylic acids is 1. The van der Waals surface area contributed by atoms with Gasteiger partial charge in [-0.2, -0.15) is 0 Å². The number of nitrogens with zero attached hydrogens (tertiary/aromatic N) is 2. The first-order valence-corrected chi connectivity index (χ1v) is 5.64. The molecule has 1 aromatic rings. The smallest absolute Gasteiger partial charge is 0.419 e. The molecule has 17 heavy (non-hydrogen) atoms. The summed E-state index contributed by atoms with van der Waals surface area (Å²) in [5, 5.41) is 10.8. The second-order valence-corrected chi connectivity index (χ2v) is 4.04. The number of para-hydroxylation sites is 1. The molecule has 0 aliphatic heterocycles. The standard InChI is InChI=1S/C10H12N2O4S/c1-3-11(10(13)16-2)17-9-7-5-4-6-8(9)12(14)15/h4-7H,3H2,1-2H3. The highest BCUT2D eigenvalue weighted by atomic mass is 32.2. The van der Waals surface area contributed by atoms with E-state index in [1.165, 1.54) is 17.5 Å². The predicted molar refractivity (Wildman–Crippen MR) is 63.7 cm³/mol. The Hall–Kier alpha value is -1.76. The summed E-state index contributed by atoms with van der Waals surface area (Å²) in [6.07, 6.45) is -0.532. The number of benzene rings is 1. The number of amides is 1. The van der Waals surface area contributed by atoms with Crippen LogP contribution in [0.25, 0.3) is 0 Å². The van der Waals surface area contributed by atoms with Gasteiger partial charge in [0.05, 0.1) is 12.0 Å². The molecule has 1 amide bonds. The van der Waals surface area contributed by atoms with Crippen molar-refractivity contribution in [1.29, 1.82) is 0 Å². The summed E-state index contributed by atoms with van der Waals surface area (Å²) in [5.41, 5.74) is -0.0279. The van der Waals surface area contributed by atoms with E-state index in [9.17, 15) is 14.9 Å². The van der Waals surface area contributed by atoms with E-state index in [0.29, 0.717) is 11.4 Å². The highest BCUT2D eigenvalue weighted by Crippen LogP contribution is 2.31. The first-order chi connectivity index (χ1) is 8.10. The molecular weight excluding hydrogens is 244 g/mol. The maximum absolute atomic E-state index is 11.3. The van der Waals surface area contributed by atoms with Gasteiger partial charge in [0.15, 0.2) is 0 Å². The van der Waals surface area contributed by atoms with Crippen molar-refractivity contribution < 1.29 is 14.5 Å². The Morgan fingerprint density at radius 2 is 2.18 bits per heavy atom. The zero-order valence-corrected chi connectivity index (χ0v) is 10.3. The molecule has 0 bridgehead atoms. The highest BCUT2D eigenvalue weighted by Gasteiger charge is 2.19. The fourth-order valence-electron chi connectivity index (χ4n) is 1.14. The van der Waals surface area contributed by atoms with Crippen molar-refractivity contribution in [3.63, 3.8) is 0 Å². The minimum absolute atomic E-state index is 0.0279. The van der Waals surface area contributed by atoms with Crippen molar-refractivity contribution in [3.05, 3.63) is 34.4 Å². The van der Waals surface area contributed by atoms with Crippen LogP contribution >= 0.6 is 11.9 Å². The van der Waals surface area contributed by atoms with Gasteiger partial charge in [-0.1, -0.05) is 12.1 Å². The lowest BCUT2D eigenvalue weighted by atomic mass is 10.3. The van der Waals surface area contributed by atoms with Crippen LogP contribution in [0.2, 0.25) is 0 Å². The van der Waals surface area contributed by atoms with E-state index in [1.807, 2.05) is 0 Å². The quantitative estimate of drug-likeness (QED) is 0.470. The fraction of sp³-hybridized carbons (Fsp3) is 0.300. The minimum Gasteiger partial charge on any atom is -0.452 e. The Bertz CT molecular complexity index is 425. The van der Waals surface area contributed by atoms with E-state index in [-0.39, 0.29) is 5.69 Å². The molecule has 0 radical (unpaired) electrons. The molecule has 0 saturated carbocycles. The van der Waals surface area contributed by atoms with E-state index >= 15 is 0 Å². The molecule has 0 unspecified atom stereocenters. The van der Waals surface area contributed by atoms with Gasteiger partial charge in [0, 0.05) is 12.6 Å². The summed E-state index contributed by atoms with van der Waals surface area (Å²) < 4.78 is 5.88. The number of nitro benzene ring substituents is 1. The van der Waals surface area contributed by atoms with E-state index in [4.69, 9.17) is 0 Å². The van der Waals surface area contributed by atoms with Gasteiger partial charge in [0.1, 0.15) is 4.90 Å². The summed E-state index contributed by atoms with van der Waals surface area (Å²) in [7, 11) is 1.27. The van der Waals surface area contributed by atoms with Crippen molar-refractivity contribution in [3.8, 4) is 0 Å². The van der Waals surface area contributed by atoms with Crippen LogP contribution < -0.4 is 0 Å². The van der Waals surface area contributed by atoms with Crippen LogP contribution in [0.5, 0.6) is 0 Å². The lowest BCUT2D eigenvalue weighted by Gasteiger charge is -2.17. The van der Waals surface area contributed by atoms with Crippen LogP contribution in [0.1, 0.15) is 6.92 Å². The van der Waals surface area contributed by atoms with Gasteiger partial charge >= 0.3 is 6.09 Å². The molecule has 7 heteroatoms. The molecule has 6 nitrogen and oxygen atoms in total. The van der Waals surface area contributed by atoms with Crippen LogP contribution in [-0.2, 0) is 4.74 Å². The Morgan fingerprint density at radius 1 is 1.53 bits per heavy atom. The minimum atomic E-state index is -0.532. The van der Waals surface area contributed by atoms with Crippen LogP contribution in [0.3, 0.4) is 0 Å². The molecule has 0 atom stereocenters. The fourth-order valence-corrected chi connectivity index (χ4v) is 2.03. The average molecular weight is 256 g/mol. The Morgan fingerprint density at radius 3 is 2.71 bits per heavy atom. The van der Waals surface area contributed by atoms with E-state index in [2.05, 4.69) is 4.74 Å². The summed E-state index contributed by atoms with van der Waals surface area (Å²) in [6, 6.07) is 6.25. The summed E-state index contributed by atoms with van der Waals surface area (Å²) in [5.74, 6) is 0. The van der Waals surface area contributed by atoms with Crippen LogP contribution in [0.4, 0.5) is 10.5 Å². The SMILES string of the molecule is CCN(Sc1ccccc1[N+](=O)[O-])C(=O)OC. The van der Waals surface area contributed by atoms with E-state index in [1.54, 1.807) is 25.1 Å². The van der Waals surface area contributed by atoms with E-state index in [0.717, 1.165) is 11.9 Å². The number of methoxy groups -OCH3 is 1. The maximum Gasteiger partial charge on any atom is 0.419 e. The average Bonchev–Trinajstić information content (AvgIpc) is 2.35. The van der Waals surface area contributed by atoms with Gasteiger partial charge in [-0.25, -0.2) is 9.10 Å². The number of hydrogen-bond donors (Lipinski definition) is 0. The zero-order chi connectivity index (χ0) is 12.8. The van der Waals surface area contributed by atoms with Crippen molar-refractivity contribution in [2.45, 2.75) is 11.8 Å². The van der Waals surface area contributed by atoms with Crippen LogP contribution in [-0.4, -0.2) is 29.0 Å². The third-order valence-corrected chi connectivity index (χ3v) is 3.11. The second kappa shape index (κ2) is 6.09. The molecular formula is C10H12N2O4S. The summed E-state index contributed by atoms with van der Waals surface area (Å²) in [6.45, 7) is 2.15. The van der Waals surface area contributed by atoms with Gasteiger partial charge in [0.2, 0.25) is 0 Å². The van der Waals surface area contributed by atoms with Crippen molar-refractivity contribution >= 4 is 23.7 Å². The first kappa shape index (κ1) is 13.3. The number of ether oxygens (including phenoxy) is 1. The van der Waals surface area contributed by atoms with Gasteiger partial charge in [-0.3, -0.25) is 10.1 Å². The molecule has 0 N–H and O–H groups in total. The summed E-state index contributed by atoms with van der Waals surface area (Å²) in [4.78, 5) is 22.1. The number of carbonyl (C=O) groups is 1. The zero-order valence-electron chi connectivity index (χ0n) is 9.45.